The Kier molecular flexibility index (Phi) is 5.18. The van der Waals surface area contributed by atoms with Crippen LogP contribution in [0.5, 0.6) is 5.75 Å². The third-order valence-electron chi connectivity index (χ3n) is 2.97. The van der Waals surface area contributed by atoms with Gasteiger partial charge >= 0.3 is 0 Å². The van der Waals surface area contributed by atoms with E-state index in [1.807, 2.05) is 61.5 Å². The first-order valence-corrected chi connectivity index (χ1v) is 6.84. The predicted octanol–water partition coefficient (Wildman–Crippen LogP) is 3.77. The van der Waals surface area contributed by atoms with Crippen molar-refractivity contribution in [3.05, 3.63) is 60.2 Å². The van der Waals surface area contributed by atoms with Crippen LogP contribution >= 0.6 is 0 Å². The summed E-state index contributed by atoms with van der Waals surface area (Å²) in [6, 6.07) is 17.3. The van der Waals surface area contributed by atoms with Crippen molar-refractivity contribution < 1.29 is 9.53 Å². The monoisotopic (exact) mass is 269 g/mol. The SMILES string of the molecule is CCC(=O)c1ccc(NCCOc2ccccc2)cc1. The van der Waals surface area contributed by atoms with E-state index in [0.29, 0.717) is 13.0 Å². The maximum atomic E-state index is 11.5. The molecule has 1 N–H and O–H groups in total. The second kappa shape index (κ2) is 7.34. The summed E-state index contributed by atoms with van der Waals surface area (Å²) in [5, 5.41) is 3.26. The highest BCUT2D eigenvalue weighted by Crippen LogP contribution is 2.11. The van der Waals surface area contributed by atoms with Crippen molar-refractivity contribution in [2.24, 2.45) is 0 Å². The number of rotatable bonds is 7. The lowest BCUT2D eigenvalue weighted by Gasteiger charge is -2.09. The Labute approximate surface area is 119 Å². The highest BCUT2D eigenvalue weighted by molar-refractivity contribution is 5.96. The molecule has 0 bridgehead atoms. The van der Waals surface area contributed by atoms with E-state index in [-0.39, 0.29) is 5.78 Å². The van der Waals surface area contributed by atoms with Crippen molar-refractivity contribution in [1.29, 1.82) is 0 Å². The van der Waals surface area contributed by atoms with Crippen LogP contribution in [0.3, 0.4) is 0 Å². The lowest BCUT2D eigenvalue weighted by atomic mass is 10.1. The number of Topliss-reactive ketones (excluding diaryl/α,β-unsaturated/α-hetero) is 1. The zero-order valence-electron chi connectivity index (χ0n) is 11.6. The number of hydrogen-bond acceptors (Lipinski definition) is 3. The quantitative estimate of drug-likeness (QED) is 0.614. The number of para-hydroxylation sites is 1. The molecule has 2 aromatic rings. The van der Waals surface area contributed by atoms with E-state index in [4.69, 9.17) is 4.74 Å². The molecule has 20 heavy (non-hydrogen) atoms. The fraction of sp³-hybridized carbons (Fsp3) is 0.235. The zero-order valence-corrected chi connectivity index (χ0v) is 11.6. The fourth-order valence-electron chi connectivity index (χ4n) is 1.86. The van der Waals surface area contributed by atoms with Gasteiger partial charge in [0.1, 0.15) is 12.4 Å². The Hall–Kier alpha value is -2.29. The summed E-state index contributed by atoms with van der Waals surface area (Å²) in [5.74, 6) is 1.04. The number of anilines is 1. The number of carbonyl (C=O) groups is 1. The van der Waals surface area contributed by atoms with Gasteiger partial charge in [0.05, 0.1) is 0 Å². The average Bonchev–Trinajstić information content (AvgIpc) is 2.52. The minimum atomic E-state index is 0.170. The lowest BCUT2D eigenvalue weighted by molar-refractivity contribution is 0.0988. The summed E-state index contributed by atoms with van der Waals surface area (Å²) in [7, 11) is 0. The Morgan fingerprint density at radius 1 is 1.05 bits per heavy atom. The van der Waals surface area contributed by atoms with Gasteiger partial charge in [0.15, 0.2) is 5.78 Å². The molecule has 2 aromatic carbocycles. The standard InChI is InChI=1S/C17H19NO2/c1-2-17(19)14-8-10-15(11-9-14)18-12-13-20-16-6-4-3-5-7-16/h3-11,18H,2,12-13H2,1H3. The van der Waals surface area contributed by atoms with E-state index in [2.05, 4.69) is 5.32 Å². The number of ether oxygens (including phenoxy) is 1. The van der Waals surface area contributed by atoms with E-state index in [9.17, 15) is 4.79 Å². The van der Waals surface area contributed by atoms with Crippen LogP contribution in [0.4, 0.5) is 5.69 Å². The Balaban J connectivity index is 1.75. The molecule has 3 nitrogen and oxygen atoms in total. The molecule has 0 saturated carbocycles. The Bertz CT molecular complexity index is 535. The van der Waals surface area contributed by atoms with Gasteiger partial charge in [-0.1, -0.05) is 25.1 Å². The minimum absolute atomic E-state index is 0.170. The average molecular weight is 269 g/mol. The van der Waals surface area contributed by atoms with Crippen molar-refractivity contribution in [3.8, 4) is 5.75 Å². The molecular weight excluding hydrogens is 250 g/mol. The largest absolute Gasteiger partial charge is 0.492 e. The van der Waals surface area contributed by atoms with Crippen LogP contribution in [0.1, 0.15) is 23.7 Å². The van der Waals surface area contributed by atoms with Crippen molar-refractivity contribution >= 4 is 11.5 Å². The van der Waals surface area contributed by atoms with Crippen LogP contribution in [0, 0.1) is 0 Å². The molecule has 0 saturated heterocycles. The van der Waals surface area contributed by atoms with Gasteiger partial charge < -0.3 is 10.1 Å². The van der Waals surface area contributed by atoms with E-state index in [0.717, 1.165) is 23.5 Å². The van der Waals surface area contributed by atoms with Crippen LogP contribution in [-0.4, -0.2) is 18.9 Å². The van der Waals surface area contributed by atoms with Crippen LogP contribution in [0.2, 0.25) is 0 Å². The van der Waals surface area contributed by atoms with Crippen LogP contribution in [0.15, 0.2) is 54.6 Å². The van der Waals surface area contributed by atoms with Crippen LogP contribution in [0.25, 0.3) is 0 Å². The number of benzene rings is 2. The van der Waals surface area contributed by atoms with E-state index >= 15 is 0 Å². The van der Waals surface area contributed by atoms with E-state index in [1.54, 1.807) is 0 Å². The zero-order chi connectivity index (χ0) is 14.2. The molecule has 3 heteroatoms. The first-order chi connectivity index (χ1) is 9.79. The third kappa shape index (κ3) is 4.12. The second-order valence-electron chi connectivity index (χ2n) is 4.44. The van der Waals surface area contributed by atoms with Crippen LogP contribution < -0.4 is 10.1 Å². The van der Waals surface area contributed by atoms with Gasteiger partial charge in [-0.25, -0.2) is 0 Å². The highest BCUT2D eigenvalue weighted by Gasteiger charge is 2.01. The first kappa shape index (κ1) is 14.1. The van der Waals surface area contributed by atoms with Gasteiger partial charge in [0, 0.05) is 24.2 Å². The van der Waals surface area contributed by atoms with Crippen molar-refractivity contribution in [2.45, 2.75) is 13.3 Å². The predicted molar refractivity (Wildman–Crippen MR) is 81.5 cm³/mol. The summed E-state index contributed by atoms with van der Waals surface area (Å²) in [4.78, 5) is 11.5. The fourth-order valence-corrected chi connectivity index (χ4v) is 1.86. The topological polar surface area (TPSA) is 38.3 Å². The molecule has 0 aliphatic heterocycles. The minimum Gasteiger partial charge on any atom is -0.492 e. The second-order valence-corrected chi connectivity index (χ2v) is 4.44. The number of ketones is 1. The molecule has 0 aliphatic rings. The maximum absolute atomic E-state index is 11.5. The highest BCUT2D eigenvalue weighted by atomic mass is 16.5. The third-order valence-corrected chi connectivity index (χ3v) is 2.97. The molecule has 0 aliphatic carbocycles. The molecule has 0 fully saturated rings. The van der Waals surface area contributed by atoms with Gasteiger partial charge in [-0.3, -0.25) is 4.79 Å². The molecule has 0 atom stereocenters. The molecule has 0 radical (unpaired) electrons. The number of nitrogens with one attached hydrogen (secondary N) is 1. The number of hydrogen-bond donors (Lipinski definition) is 1. The molecule has 0 heterocycles. The molecule has 104 valence electrons. The summed E-state index contributed by atoms with van der Waals surface area (Å²) in [5.41, 5.74) is 1.76. The first-order valence-electron chi connectivity index (χ1n) is 6.84. The van der Waals surface area contributed by atoms with E-state index in [1.165, 1.54) is 0 Å². The normalized spacial score (nSPS) is 10.1. The molecule has 0 amide bonds. The lowest BCUT2D eigenvalue weighted by Crippen LogP contribution is -2.11. The van der Waals surface area contributed by atoms with E-state index < -0.39 is 0 Å². The van der Waals surface area contributed by atoms with Gasteiger partial charge in [-0.05, 0) is 36.4 Å². The molecule has 2 rings (SSSR count). The Morgan fingerprint density at radius 2 is 1.75 bits per heavy atom. The molecular formula is C17H19NO2. The summed E-state index contributed by atoms with van der Waals surface area (Å²) in [6.07, 6.45) is 0.539. The number of carbonyl (C=O) groups excluding carboxylic acids is 1. The molecule has 0 aromatic heterocycles. The maximum Gasteiger partial charge on any atom is 0.162 e. The molecule has 0 unspecified atom stereocenters. The van der Waals surface area contributed by atoms with Crippen molar-refractivity contribution in [1.82, 2.24) is 0 Å². The van der Waals surface area contributed by atoms with Crippen molar-refractivity contribution in [3.63, 3.8) is 0 Å². The van der Waals surface area contributed by atoms with Gasteiger partial charge in [-0.15, -0.1) is 0 Å². The van der Waals surface area contributed by atoms with Gasteiger partial charge in [0.25, 0.3) is 0 Å². The summed E-state index contributed by atoms with van der Waals surface area (Å²) in [6.45, 7) is 3.19. The van der Waals surface area contributed by atoms with Gasteiger partial charge in [-0.2, -0.15) is 0 Å². The molecule has 0 spiro atoms. The summed E-state index contributed by atoms with van der Waals surface area (Å²) < 4.78 is 5.59. The van der Waals surface area contributed by atoms with Crippen molar-refractivity contribution in [2.75, 3.05) is 18.5 Å². The van der Waals surface area contributed by atoms with Gasteiger partial charge in [0.2, 0.25) is 0 Å². The van der Waals surface area contributed by atoms with Crippen LogP contribution in [-0.2, 0) is 0 Å². The Morgan fingerprint density at radius 3 is 2.40 bits per heavy atom. The summed E-state index contributed by atoms with van der Waals surface area (Å²) >= 11 is 0. The smallest absolute Gasteiger partial charge is 0.162 e.